The average Bonchev–Trinajstić information content (AvgIpc) is 3.74. The number of hydrogen-bond donors (Lipinski definition) is 6. The first-order chi connectivity index (χ1) is 20.1. The first-order valence-electron chi connectivity index (χ1n) is 12.3. The minimum Gasteiger partial charge on any atom is -0.478 e. The van der Waals surface area contributed by atoms with Crippen molar-refractivity contribution < 1.29 is 39.6 Å². The zero-order valence-corrected chi connectivity index (χ0v) is 21.2. The van der Waals surface area contributed by atoms with Crippen molar-refractivity contribution >= 4 is 70.2 Å². The minimum absolute atomic E-state index is 0.0531. The number of nitrogens with one attached hydrogen (secondary N) is 2. The third-order valence-corrected chi connectivity index (χ3v) is 6.69. The molecule has 0 aliphatic carbocycles. The van der Waals surface area contributed by atoms with Gasteiger partial charge in [-0.2, -0.15) is 0 Å². The number of aromatic carboxylic acids is 4. The van der Waals surface area contributed by atoms with E-state index in [-0.39, 0.29) is 22.3 Å². The van der Waals surface area contributed by atoms with Crippen LogP contribution in [0.1, 0.15) is 64.2 Å². The summed E-state index contributed by atoms with van der Waals surface area (Å²) in [5, 5.41) is 39.7. The fourth-order valence-corrected chi connectivity index (χ4v) is 5.00. The third kappa shape index (κ3) is 4.48. The van der Waals surface area contributed by atoms with Gasteiger partial charge in [0.05, 0.1) is 45.0 Å². The lowest BCUT2D eigenvalue weighted by atomic mass is 9.87. The van der Waals surface area contributed by atoms with E-state index in [1.807, 2.05) is 24.3 Å². The summed E-state index contributed by atoms with van der Waals surface area (Å²) in [7, 11) is 0. The second-order valence-electron chi connectivity index (χ2n) is 9.37. The van der Waals surface area contributed by atoms with Crippen molar-refractivity contribution in [3.05, 3.63) is 93.6 Å². The van der Waals surface area contributed by atoms with Crippen LogP contribution in [0, 0.1) is 0 Å². The molecule has 0 saturated carbocycles. The molecule has 0 saturated heterocycles. The Morgan fingerprint density at radius 2 is 1.07 bits per heavy atom. The van der Waals surface area contributed by atoms with Gasteiger partial charge in [0, 0.05) is 33.2 Å². The smallest absolute Gasteiger partial charge is 0.337 e. The molecule has 206 valence electrons. The average molecular weight is 562 g/mol. The Balaban J connectivity index is 1.81. The van der Waals surface area contributed by atoms with Crippen molar-refractivity contribution in [1.29, 1.82) is 0 Å². The van der Waals surface area contributed by atoms with E-state index in [4.69, 9.17) is 0 Å². The Kier molecular flexibility index (Phi) is 6.00. The summed E-state index contributed by atoms with van der Waals surface area (Å²) in [5.41, 5.74) is -0.0678. The number of benzene rings is 1. The maximum atomic E-state index is 12.6. The van der Waals surface area contributed by atoms with E-state index in [9.17, 15) is 39.6 Å². The van der Waals surface area contributed by atoms with Crippen LogP contribution >= 0.6 is 0 Å². The molecule has 4 aromatic rings. The van der Waals surface area contributed by atoms with E-state index in [0.29, 0.717) is 28.1 Å². The van der Waals surface area contributed by atoms with Crippen LogP contribution in [0.2, 0.25) is 0 Å². The van der Waals surface area contributed by atoms with Crippen LogP contribution in [-0.2, 0) is 0 Å². The predicted molar refractivity (Wildman–Crippen MR) is 152 cm³/mol. The Hall–Kier alpha value is -6.30. The summed E-state index contributed by atoms with van der Waals surface area (Å²) in [6.45, 7) is 0. The lowest BCUT2D eigenvalue weighted by Gasteiger charge is -2.15. The molecule has 0 atom stereocenters. The number of carboxylic acids is 4. The van der Waals surface area contributed by atoms with Gasteiger partial charge in [0.2, 0.25) is 0 Å². The lowest BCUT2D eigenvalue weighted by Crippen LogP contribution is -2.20. The molecule has 6 N–H and O–H groups in total. The molecule has 2 aliphatic heterocycles. The molecule has 0 unspecified atom stereocenters. The van der Waals surface area contributed by atoms with Crippen LogP contribution in [0.5, 0.6) is 0 Å². The predicted octanol–water partition coefficient (Wildman–Crippen LogP) is 5.12. The fraction of sp³-hybridized carbons (Fsp3) is 0. The standard InChI is InChI=1S/C30H18N4O8/c35-27(36)20-12-19(24(28(37)38)26(30(41)42)25(20)29(39)40)23-21-7-5-17(33-21)10-15-3-1-13(31-15)9-14-2-4-16(32-14)11-18-6-8-22(23)34-18/h1-12,31,34H,(H,35,36)(H,37,38)(H,39,40)(H,41,42). The molecule has 3 aromatic heterocycles. The summed E-state index contributed by atoms with van der Waals surface area (Å²) in [4.78, 5) is 64.6. The van der Waals surface area contributed by atoms with Gasteiger partial charge in [-0.25, -0.2) is 29.1 Å². The number of carbonyl (C=O) groups is 4. The van der Waals surface area contributed by atoms with Gasteiger partial charge >= 0.3 is 23.9 Å². The first kappa shape index (κ1) is 26.0. The molecule has 6 rings (SSSR count). The molecular weight excluding hydrogens is 544 g/mol. The Bertz CT molecular complexity index is 2120. The normalized spacial score (nSPS) is 11.9. The maximum absolute atomic E-state index is 12.6. The molecule has 0 spiro atoms. The number of nitrogens with zero attached hydrogens (tertiary/aromatic N) is 2. The molecule has 42 heavy (non-hydrogen) atoms. The Morgan fingerprint density at radius 3 is 1.64 bits per heavy atom. The van der Waals surface area contributed by atoms with Crippen LogP contribution in [-0.4, -0.2) is 64.2 Å². The van der Waals surface area contributed by atoms with Gasteiger partial charge in [0.25, 0.3) is 0 Å². The van der Waals surface area contributed by atoms with E-state index >= 15 is 0 Å². The molecule has 5 heterocycles. The van der Waals surface area contributed by atoms with Crippen molar-refractivity contribution in [2.75, 3.05) is 0 Å². The van der Waals surface area contributed by atoms with Crippen LogP contribution in [0.15, 0.2) is 48.5 Å². The van der Waals surface area contributed by atoms with Gasteiger partial charge in [-0.1, -0.05) is 0 Å². The number of aromatic nitrogens is 4. The van der Waals surface area contributed by atoms with Crippen LogP contribution in [0.25, 0.3) is 57.5 Å². The van der Waals surface area contributed by atoms with E-state index < -0.39 is 46.1 Å². The highest BCUT2D eigenvalue weighted by Crippen LogP contribution is 2.37. The fourth-order valence-electron chi connectivity index (χ4n) is 5.00. The molecule has 8 bridgehead atoms. The van der Waals surface area contributed by atoms with Crippen molar-refractivity contribution in [2.24, 2.45) is 0 Å². The molecule has 0 radical (unpaired) electrons. The van der Waals surface area contributed by atoms with Gasteiger partial charge in [-0.15, -0.1) is 0 Å². The number of fused-ring (bicyclic) bond motifs is 8. The first-order valence-corrected chi connectivity index (χ1v) is 12.3. The lowest BCUT2D eigenvalue weighted by molar-refractivity contribution is 0.0620. The zero-order chi connectivity index (χ0) is 29.7. The van der Waals surface area contributed by atoms with Crippen molar-refractivity contribution in [2.45, 2.75) is 0 Å². The maximum Gasteiger partial charge on any atom is 0.337 e. The summed E-state index contributed by atoms with van der Waals surface area (Å²) in [6, 6.07) is 13.2. The van der Waals surface area contributed by atoms with E-state index in [0.717, 1.165) is 11.6 Å². The molecule has 0 amide bonds. The highest BCUT2D eigenvalue weighted by Gasteiger charge is 2.34. The molecule has 12 heteroatoms. The van der Waals surface area contributed by atoms with E-state index in [1.165, 1.54) is 0 Å². The number of rotatable bonds is 5. The second-order valence-corrected chi connectivity index (χ2v) is 9.37. The van der Waals surface area contributed by atoms with Gasteiger partial charge in [0.1, 0.15) is 0 Å². The number of hydrogen-bond acceptors (Lipinski definition) is 6. The zero-order valence-electron chi connectivity index (χ0n) is 21.2. The van der Waals surface area contributed by atoms with Gasteiger partial charge < -0.3 is 30.4 Å². The number of aromatic amines is 2. The van der Waals surface area contributed by atoms with Crippen molar-refractivity contribution in [3.63, 3.8) is 0 Å². The van der Waals surface area contributed by atoms with E-state index in [2.05, 4.69) is 19.9 Å². The molecule has 1 aromatic carbocycles. The molecule has 12 nitrogen and oxygen atoms in total. The Morgan fingerprint density at radius 1 is 0.548 bits per heavy atom. The Labute approximate surface area is 234 Å². The summed E-state index contributed by atoms with van der Waals surface area (Å²) < 4.78 is 0. The number of H-pyrrole nitrogens is 2. The third-order valence-electron chi connectivity index (χ3n) is 6.69. The second kappa shape index (κ2) is 9.71. The van der Waals surface area contributed by atoms with Crippen LogP contribution in [0.4, 0.5) is 0 Å². The van der Waals surface area contributed by atoms with Crippen LogP contribution < -0.4 is 0 Å². The van der Waals surface area contributed by atoms with Gasteiger partial charge in [-0.05, 0) is 72.8 Å². The van der Waals surface area contributed by atoms with E-state index in [1.54, 1.807) is 42.5 Å². The van der Waals surface area contributed by atoms with Crippen LogP contribution in [0.3, 0.4) is 0 Å². The number of carboxylic acid groups (broad SMARTS) is 4. The summed E-state index contributed by atoms with van der Waals surface area (Å²) >= 11 is 0. The monoisotopic (exact) mass is 562 g/mol. The molecule has 0 fully saturated rings. The van der Waals surface area contributed by atoms with Gasteiger partial charge in [-0.3, -0.25) is 0 Å². The highest BCUT2D eigenvalue weighted by atomic mass is 16.4. The molecular formula is C30H18N4O8. The minimum atomic E-state index is -1.91. The summed E-state index contributed by atoms with van der Waals surface area (Å²) in [5.74, 6) is -7.32. The van der Waals surface area contributed by atoms with Gasteiger partial charge in [0.15, 0.2) is 0 Å². The van der Waals surface area contributed by atoms with Crippen molar-refractivity contribution in [1.82, 2.24) is 19.9 Å². The quantitative estimate of drug-likeness (QED) is 0.163. The topological polar surface area (TPSA) is 207 Å². The van der Waals surface area contributed by atoms with Crippen molar-refractivity contribution in [3.8, 4) is 11.1 Å². The highest BCUT2D eigenvalue weighted by molar-refractivity contribution is 6.17. The summed E-state index contributed by atoms with van der Waals surface area (Å²) in [6.07, 6.45) is 6.87. The SMILES string of the molecule is O=C(O)c1cc(-c2c3nc(cc4ccc(cc5nc(cc6ccc2[nH]6)C=C5)[nH]4)C=C3)c(C(=O)O)c(C(=O)O)c1C(=O)O. The largest absolute Gasteiger partial charge is 0.478 e. The molecule has 2 aliphatic rings.